The van der Waals surface area contributed by atoms with Crippen LogP contribution in [0.3, 0.4) is 0 Å². The van der Waals surface area contributed by atoms with Crippen molar-refractivity contribution in [2.24, 2.45) is 0 Å². The molecule has 0 radical (unpaired) electrons. The van der Waals surface area contributed by atoms with E-state index in [1.165, 1.54) is 6.07 Å². The van der Waals surface area contributed by atoms with Gasteiger partial charge in [-0.3, -0.25) is 4.79 Å². The number of hydrogen-bond donors (Lipinski definition) is 3. The first-order valence-electron chi connectivity index (χ1n) is 11.8. The molecule has 0 bridgehead atoms. The molecule has 0 spiro atoms. The molecular weight excluding hydrogens is 474 g/mol. The summed E-state index contributed by atoms with van der Waals surface area (Å²) < 4.78 is 47.3. The molecule has 1 saturated carbocycles. The molecule has 2 aliphatic heterocycles. The summed E-state index contributed by atoms with van der Waals surface area (Å²) in [6.07, 6.45) is 0.578. The van der Waals surface area contributed by atoms with Crippen molar-refractivity contribution in [2.75, 3.05) is 18.5 Å². The van der Waals surface area contributed by atoms with Crippen LogP contribution in [0.15, 0.2) is 36.4 Å². The summed E-state index contributed by atoms with van der Waals surface area (Å²) in [4.78, 5) is 13.3. The molecule has 3 aromatic rings. The van der Waals surface area contributed by atoms with Gasteiger partial charge in [0.05, 0.1) is 48.2 Å². The zero-order valence-corrected chi connectivity index (χ0v) is 19.8. The van der Waals surface area contributed by atoms with Crippen LogP contribution in [0.1, 0.15) is 37.9 Å². The highest BCUT2D eigenvalue weighted by atomic mass is 19.2. The second-order valence-electron chi connectivity index (χ2n) is 10.1. The minimum atomic E-state index is -2.26. The van der Waals surface area contributed by atoms with Crippen LogP contribution < -0.4 is 14.8 Å². The zero-order valence-electron chi connectivity index (χ0n) is 19.8. The molecule has 3 aliphatic rings. The van der Waals surface area contributed by atoms with Gasteiger partial charge in [-0.25, -0.2) is 4.39 Å². The number of fused-ring (bicyclic) bond motifs is 4. The molecule has 36 heavy (non-hydrogen) atoms. The fourth-order valence-corrected chi connectivity index (χ4v) is 5.29. The van der Waals surface area contributed by atoms with Crippen LogP contribution in [0.2, 0.25) is 0 Å². The van der Waals surface area contributed by atoms with Gasteiger partial charge in [0.15, 0.2) is 11.5 Å². The van der Waals surface area contributed by atoms with Gasteiger partial charge in [-0.05, 0) is 49.6 Å². The summed E-state index contributed by atoms with van der Waals surface area (Å²) in [5.41, 5.74) is -0.0137. The van der Waals surface area contributed by atoms with Gasteiger partial charge < -0.3 is 34.3 Å². The molecule has 3 N–H and O–H groups in total. The van der Waals surface area contributed by atoms with E-state index in [9.17, 15) is 19.4 Å². The van der Waals surface area contributed by atoms with E-state index in [4.69, 9.17) is 14.2 Å². The molecule has 8 nitrogen and oxygen atoms in total. The lowest BCUT2D eigenvalue weighted by molar-refractivity contribution is -0.173. The lowest BCUT2D eigenvalue weighted by Gasteiger charge is -2.38. The number of halogens is 2. The van der Waals surface area contributed by atoms with E-state index < -0.39 is 29.0 Å². The Kier molecular flexibility index (Phi) is 4.93. The van der Waals surface area contributed by atoms with Gasteiger partial charge in [0.1, 0.15) is 11.4 Å². The van der Waals surface area contributed by atoms with Crippen LogP contribution in [-0.2, 0) is 27.1 Å². The molecule has 3 unspecified atom stereocenters. The van der Waals surface area contributed by atoms with Crippen LogP contribution in [0.5, 0.6) is 11.5 Å². The van der Waals surface area contributed by atoms with E-state index >= 15 is 4.39 Å². The minimum absolute atomic E-state index is 0.0316. The predicted molar refractivity (Wildman–Crippen MR) is 125 cm³/mol. The molecule has 6 rings (SSSR count). The summed E-state index contributed by atoms with van der Waals surface area (Å²) in [6.45, 7) is 2.63. The predicted octanol–water partition coefficient (Wildman–Crippen LogP) is 3.46. The first-order chi connectivity index (χ1) is 17.1. The lowest BCUT2D eigenvalue weighted by Crippen LogP contribution is -2.44. The van der Waals surface area contributed by atoms with Gasteiger partial charge in [0, 0.05) is 18.4 Å². The number of nitrogens with zero attached hydrogens (tertiary/aromatic N) is 1. The van der Waals surface area contributed by atoms with Gasteiger partial charge in [-0.15, -0.1) is 0 Å². The van der Waals surface area contributed by atoms with Crippen molar-refractivity contribution in [2.45, 2.75) is 56.4 Å². The Morgan fingerprint density at radius 2 is 1.89 bits per heavy atom. The van der Waals surface area contributed by atoms with Crippen LogP contribution in [0, 0.1) is 5.82 Å². The van der Waals surface area contributed by atoms with E-state index in [1.807, 2.05) is 4.57 Å². The standard InChI is InChI=1S/C26H26F2N2O6/c1-24(13-32)22-8-14-7-18(17(27)10-19(14)30(22)11-16(12-31)34-24)29-23(33)26(5-6-26)15-3-4-20-21(9-15)36-25(2,28)35-20/h3-4,7-10,16,31-32H,5-6,11-13H2,1-2H3,(H,29,33). The van der Waals surface area contributed by atoms with Crippen molar-refractivity contribution in [3.05, 3.63) is 53.5 Å². The third-order valence-corrected chi connectivity index (χ3v) is 7.36. The van der Waals surface area contributed by atoms with Crippen molar-refractivity contribution in [3.63, 3.8) is 0 Å². The fraction of sp³-hybridized carbons (Fsp3) is 0.423. The van der Waals surface area contributed by atoms with Crippen molar-refractivity contribution >= 4 is 22.5 Å². The Morgan fingerprint density at radius 3 is 2.58 bits per heavy atom. The number of hydrogen-bond acceptors (Lipinski definition) is 6. The second kappa shape index (κ2) is 7.64. The molecule has 1 fully saturated rings. The van der Waals surface area contributed by atoms with Crippen LogP contribution in [0.25, 0.3) is 10.9 Å². The van der Waals surface area contributed by atoms with E-state index in [-0.39, 0.29) is 36.3 Å². The van der Waals surface area contributed by atoms with Crippen molar-refractivity contribution < 1.29 is 38.0 Å². The average molecular weight is 500 g/mol. The number of aliphatic hydroxyl groups is 2. The van der Waals surface area contributed by atoms with Crippen LogP contribution >= 0.6 is 0 Å². The number of amides is 1. The molecular formula is C26H26F2N2O6. The van der Waals surface area contributed by atoms with E-state index in [0.717, 1.165) is 6.92 Å². The Hall–Kier alpha value is -3.21. The number of rotatable bonds is 5. The number of benzene rings is 2. The molecule has 3 heterocycles. The number of nitrogens with one attached hydrogen (secondary N) is 1. The number of ether oxygens (including phenoxy) is 3. The Balaban J connectivity index is 1.31. The highest BCUT2D eigenvalue weighted by Crippen LogP contribution is 2.52. The molecule has 190 valence electrons. The molecule has 1 amide bonds. The smallest absolute Gasteiger partial charge is 0.404 e. The number of carbonyl (C=O) groups excluding carboxylic acids is 1. The monoisotopic (exact) mass is 500 g/mol. The van der Waals surface area contributed by atoms with Crippen molar-refractivity contribution in [1.82, 2.24) is 4.57 Å². The normalized spacial score (nSPS) is 27.7. The van der Waals surface area contributed by atoms with Crippen LogP contribution in [0.4, 0.5) is 14.5 Å². The van der Waals surface area contributed by atoms with Gasteiger partial charge in [-0.1, -0.05) is 6.07 Å². The lowest BCUT2D eigenvalue weighted by atomic mass is 9.94. The first-order valence-corrected chi connectivity index (χ1v) is 11.8. The summed E-state index contributed by atoms with van der Waals surface area (Å²) in [5, 5.41) is 23.0. The summed E-state index contributed by atoms with van der Waals surface area (Å²) in [6, 6.07) is 7.31. The Bertz CT molecular complexity index is 1400. The van der Waals surface area contributed by atoms with Gasteiger partial charge >= 0.3 is 6.04 Å². The van der Waals surface area contributed by atoms with Gasteiger partial charge in [0.25, 0.3) is 0 Å². The summed E-state index contributed by atoms with van der Waals surface area (Å²) in [7, 11) is 0. The first kappa shape index (κ1) is 23.2. The molecule has 2 aromatic carbocycles. The summed E-state index contributed by atoms with van der Waals surface area (Å²) in [5.74, 6) is -0.491. The molecule has 1 aromatic heterocycles. The van der Waals surface area contributed by atoms with E-state index in [2.05, 4.69) is 5.32 Å². The SMILES string of the molecule is CC1(F)Oc2ccc(C3(C(=O)Nc4cc5cc6n(c5cc4F)CC(CO)OC6(C)CO)CC3)cc2O1. The maximum atomic E-state index is 15.2. The van der Waals surface area contributed by atoms with Crippen molar-refractivity contribution in [1.29, 1.82) is 0 Å². The molecule has 3 atom stereocenters. The van der Waals surface area contributed by atoms with Crippen LogP contribution in [-0.4, -0.2) is 46.0 Å². The highest BCUT2D eigenvalue weighted by molar-refractivity contribution is 6.03. The maximum absolute atomic E-state index is 15.2. The third-order valence-electron chi connectivity index (χ3n) is 7.36. The minimum Gasteiger partial charge on any atom is -0.423 e. The Labute approximate surface area is 205 Å². The highest BCUT2D eigenvalue weighted by Gasteiger charge is 2.52. The number of alkyl halides is 1. The quantitative estimate of drug-likeness (QED) is 0.496. The number of aromatic nitrogens is 1. The number of carbonyl (C=O) groups is 1. The zero-order chi connectivity index (χ0) is 25.5. The third kappa shape index (κ3) is 3.47. The Morgan fingerprint density at radius 1 is 1.14 bits per heavy atom. The van der Waals surface area contributed by atoms with Gasteiger partial charge in [0.2, 0.25) is 5.91 Å². The largest absolute Gasteiger partial charge is 0.423 e. The topological polar surface area (TPSA) is 102 Å². The second-order valence-corrected chi connectivity index (χ2v) is 10.1. The molecule has 0 saturated heterocycles. The molecule has 1 aliphatic carbocycles. The number of aliphatic hydroxyl groups excluding tert-OH is 2. The van der Waals surface area contributed by atoms with E-state index in [0.29, 0.717) is 41.5 Å². The average Bonchev–Trinajstić information content (AvgIpc) is 3.49. The van der Waals surface area contributed by atoms with E-state index in [1.54, 1.807) is 37.3 Å². The van der Waals surface area contributed by atoms with Crippen molar-refractivity contribution in [3.8, 4) is 11.5 Å². The van der Waals surface area contributed by atoms with Gasteiger partial charge in [-0.2, -0.15) is 4.39 Å². The fourth-order valence-electron chi connectivity index (χ4n) is 5.29. The summed E-state index contributed by atoms with van der Waals surface area (Å²) >= 11 is 0. The molecule has 10 heteroatoms. The maximum Gasteiger partial charge on any atom is 0.404 e. The number of anilines is 1.